The van der Waals surface area contributed by atoms with Crippen molar-refractivity contribution in [1.29, 1.82) is 0 Å². The van der Waals surface area contributed by atoms with E-state index in [9.17, 15) is 14.0 Å². The van der Waals surface area contributed by atoms with Crippen molar-refractivity contribution < 1.29 is 18.7 Å². The lowest BCUT2D eigenvalue weighted by molar-refractivity contribution is -0.119. The minimum absolute atomic E-state index is 0.00974. The fourth-order valence-corrected chi connectivity index (χ4v) is 1.91. The van der Waals surface area contributed by atoms with Crippen LogP contribution < -0.4 is 16.4 Å². The Bertz CT molecular complexity index is 533. The van der Waals surface area contributed by atoms with Crippen LogP contribution in [0.15, 0.2) is 12.1 Å². The topological polar surface area (TPSA) is 93.5 Å². The number of rotatable bonds is 3. The molecular formula is C12H14FN3O3. The van der Waals surface area contributed by atoms with Gasteiger partial charge in [0.05, 0.1) is 24.4 Å². The van der Waals surface area contributed by atoms with Crippen molar-refractivity contribution in [1.82, 2.24) is 5.32 Å². The molecule has 0 bridgehead atoms. The Labute approximate surface area is 109 Å². The number of carbonyl (C=O) groups excluding carboxylic acids is 2. The molecule has 1 aromatic carbocycles. The molecule has 1 aliphatic heterocycles. The highest BCUT2D eigenvalue weighted by Crippen LogP contribution is 2.24. The van der Waals surface area contributed by atoms with Crippen LogP contribution in [0.4, 0.5) is 15.8 Å². The predicted octanol–water partition coefficient (Wildman–Crippen LogP) is 0.495. The SMILES string of the molecule is COC(=O)c1cc(NC2CNC(=O)C2)c(F)cc1N. The van der Waals surface area contributed by atoms with Gasteiger partial charge in [-0.2, -0.15) is 0 Å². The average molecular weight is 267 g/mol. The number of benzene rings is 1. The Kier molecular flexibility index (Phi) is 3.55. The van der Waals surface area contributed by atoms with E-state index < -0.39 is 11.8 Å². The molecule has 2 rings (SSSR count). The van der Waals surface area contributed by atoms with Crippen molar-refractivity contribution in [3.05, 3.63) is 23.5 Å². The third-order valence-electron chi connectivity index (χ3n) is 2.88. The second kappa shape index (κ2) is 5.13. The van der Waals surface area contributed by atoms with Crippen molar-refractivity contribution in [2.24, 2.45) is 0 Å². The number of nitrogens with two attached hydrogens (primary N) is 1. The van der Waals surface area contributed by atoms with Gasteiger partial charge in [0.2, 0.25) is 5.91 Å². The lowest BCUT2D eigenvalue weighted by atomic mass is 10.1. The summed E-state index contributed by atoms with van der Waals surface area (Å²) in [5, 5.41) is 5.49. The summed E-state index contributed by atoms with van der Waals surface area (Å²) in [6.07, 6.45) is 0.261. The first-order valence-electron chi connectivity index (χ1n) is 5.72. The van der Waals surface area contributed by atoms with Gasteiger partial charge in [-0.05, 0) is 12.1 Å². The predicted molar refractivity (Wildman–Crippen MR) is 67.2 cm³/mol. The number of hydrogen-bond acceptors (Lipinski definition) is 5. The monoisotopic (exact) mass is 267 g/mol. The third-order valence-corrected chi connectivity index (χ3v) is 2.88. The van der Waals surface area contributed by atoms with Crippen LogP contribution in [0.25, 0.3) is 0 Å². The van der Waals surface area contributed by atoms with E-state index in [0.717, 1.165) is 6.07 Å². The lowest BCUT2D eigenvalue weighted by Crippen LogP contribution is -2.23. The Balaban J connectivity index is 2.24. The maximum absolute atomic E-state index is 13.7. The molecule has 0 spiro atoms. The zero-order valence-corrected chi connectivity index (χ0v) is 10.3. The number of carbonyl (C=O) groups is 2. The van der Waals surface area contributed by atoms with Gasteiger partial charge in [-0.15, -0.1) is 0 Å². The highest BCUT2D eigenvalue weighted by Gasteiger charge is 2.23. The first-order chi connectivity index (χ1) is 9.01. The van der Waals surface area contributed by atoms with Gasteiger partial charge in [-0.1, -0.05) is 0 Å². The molecule has 1 unspecified atom stereocenters. The molecule has 1 saturated heterocycles. The average Bonchev–Trinajstić information content (AvgIpc) is 2.77. The molecule has 19 heavy (non-hydrogen) atoms. The molecule has 1 heterocycles. The van der Waals surface area contributed by atoms with Crippen LogP contribution in [0.3, 0.4) is 0 Å². The van der Waals surface area contributed by atoms with Gasteiger partial charge >= 0.3 is 5.97 Å². The Morgan fingerprint density at radius 3 is 2.89 bits per heavy atom. The van der Waals surface area contributed by atoms with E-state index in [2.05, 4.69) is 15.4 Å². The number of anilines is 2. The molecule has 1 atom stereocenters. The zero-order chi connectivity index (χ0) is 14.0. The van der Waals surface area contributed by atoms with Crippen molar-refractivity contribution in [2.45, 2.75) is 12.5 Å². The normalized spacial score (nSPS) is 18.0. The summed E-state index contributed by atoms with van der Waals surface area (Å²) in [6.45, 7) is 0.413. The molecule has 1 amide bonds. The molecule has 1 aliphatic rings. The fourth-order valence-electron chi connectivity index (χ4n) is 1.91. The molecule has 4 N–H and O–H groups in total. The second-order valence-corrected chi connectivity index (χ2v) is 4.26. The van der Waals surface area contributed by atoms with Crippen LogP contribution in [0.2, 0.25) is 0 Å². The summed E-state index contributed by atoms with van der Waals surface area (Å²) in [6, 6.07) is 2.13. The third kappa shape index (κ3) is 2.75. The van der Waals surface area contributed by atoms with Gasteiger partial charge in [-0.3, -0.25) is 4.79 Å². The van der Waals surface area contributed by atoms with Gasteiger partial charge in [0.15, 0.2) is 0 Å². The molecule has 6 nitrogen and oxygen atoms in total. The quantitative estimate of drug-likeness (QED) is 0.547. The maximum Gasteiger partial charge on any atom is 0.340 e. The highest BCUT2D eigenvalue weighted by atomic mass is 19.1. The van der Waals surface area contributed by atoms with Crippen LogP contribution in [0, 0.1) is 5.82 Å². The van der Waals surface area contributed by atoms with Gasteiger partial charge in [-0.25, -0.2) is 9.18 Å². The number of amides is 1. The standard InChI is InChI=1S/C12H14FN3O3/c1-19-12(18)7-3-10(8(13)4-9(7)14)16-6-2-11(17)15-5-6/h3-4,6,16H,2,5,14H2,1H3,(H,15,17). The van der Waals surface area contributed by atoms with Crippen molar-refractivity contribution in [2.75, 3.05) is 24.7 Å². The van der Waals surface area contributed by atoms with Crippen LogP contribution in [0.5, 0.6) is 0 Å². The van der Waals surface area contributed by atoms with E-state index in [4.69, 9.17) is 5.73 Å². The summed E-state index contributed by atoms with van der Waals surface area (Å²) in [5.41, 5.74) is 5.78. The Morgan fingerprint density at radius 1 is 1.58 bits per heavy atom. The largest absolute Gasteiger partial charge is 0.465 e. The molecule has 0 radical (unpaired) electrons. The van der Waals surface area contributed by atoms with Crippen molar-refractivity contribution >= 4 is 23.3 Å². The van der Waals surface area contributed by atoms with E-state index in [1.807, 2.05) is 0 Å². The van der Waals surface area contributed by atoms with Crippen LogP contribution in [0.1, 0.15) is 16.8 Å². The number of halogens is 1. The molecule has 0 aromatic heterocycles. The number of nitrogen functional groups attached to an aromatic ring is 1. The van der Waals surface area contributed by atoms with Gasteiger partial charge < -0.3 is 21.1 Å². The number of nitrogens with one attached hydrogen (secondary N) is 2. The molecule has 0 saturated carbocycles. The molecule has 0 aliphatic carbocycles. The van der Waals surface area contributed by atoms with E-state index in [1.165, 1.54) is 13.2 Å². The number of hydrogen-bond donors (Lipinski definition) is 3. The highest BCUT2D eigenvalue weighted by molar-refractivity contribution is 5.96. The smallest absolute Gasteiger partial charge is 0.340 e. The van der Waals surface area contributed by atoms with E-state index in [1.54, 1.807) is 0 Å². The second-order valence-electron chi connectivity index (χ2n) is 4.26. The fraction of sp³-hybridized carbons (Fsp3) is 0.333. The molecule has 102 valence electrons. The van der Waals surface area contributed by atoms with Gasteiger partial charge in [0.1, 0.15) is 5.82 Å². The minimum Gasteiger partial charge on any atom is -0.465 e. The first kappa shape index (κ1) is 13.1. The summed E-state index contributed by atoms with van der Waals surface area (Å²) in [4.78, 5) is 22.5. The van der Waals surface area contributed by atoms with Crippen molar-refractivity contribution in [3.8, 4) is 0 Å². The molecule has 1 aromatic rings. The van der Waals surface area contributed by atoms with Crippen LogP contribution in [-0.4, -0.2) is 31.6 Å². The van der Waals surface area contributed by atoms with Gasteiger partial charge in [0.25, 0.3) is 0 Å². The lowest BCUT2D eigenvalue weighted by Gasteiger charge is -2.14. The van der Waals surface area contributed by atoms with E-state index in [-0.39, 0.29) is 35.3 Å². The van der Waals surface area contributed by atoms with Gasteiger partial charge in [0, 0.05) is 18.7 Å². The van der Waals surface area contributed by atoms with Crippen molar-refractivity contribution in [3.63, 3.8) is 0 Å². The summed E-state index contributed by atoms with van der Waals surface area (Å²) in [5.74, 6) is -1.31. The van der Waals surface area contributed by atoms with Crippen LogP contribution >= 0.6 is 0 Å². The Hall–Kier alpha value is -2.31. The molecular weight excluding hydrogens is 253 g/mol. The Morgan fingerprint density at radius 2 is 2.32 bits per heavy atom. The zero-order valence-electron chi connectivity index (χ0n) is 10.3. The summed E-state index contributed by atoms with van der Waals surface area (Å²) < 4.78 is 18.3. The molecule has 7 heteroatoms. The maximum atomic E-state index is 13.7. The van der Waals surface area contributed by atoms with E-state index in [0.29, 0.717) is 6.54 Å². The van der Waals surface area contributed by atoms with E-state index >= 15 is 0 Å². The number of esters is 1. The number of ether oxygens (including phenoxy) is 1. The molecule has 1 fully saturated rings. The number of methoxy groups -OCH3 is 1. The van der Waals surface area contributed by atoms with Crippen LogP contribution in [-0.2, 0) is 9.53 Å². The summed E-state index contributed by atoms with van der Waals surface area (Å²) >= 11 is 0. The first-order valence-corrected chi connectivity index (χ1v) is 5.72. The minimum atomic E-state index is -0.638. The summed E-state index contributed by atoms with van der Waals surface area (Å²) in [7, 11) is 1.22.